The van der Waals surface area contributed by atoms with Crippen molar-refractivity contribution in [1.29, 1.82) is 0 Å². The highest BCUT2D eigenvalue weighted by Crippen LogP contribution is 2.20. The number of nitrogens with zero attached hydrogens (tertiary/aromatic N) is 1. The number of aryl methyl sites for hydroxylation is 2. The van der Waals surface area contributed by atoms with Crippen molar-refractivity contribution in [2.45, 2.75) is 26.9 Å². The van der Waals surface area contributed by atoms with Gasteiger partial charge in [-0.15, -0.1) is 0 Å². The van der Waals surface area contributed by atoms with E-state index in [0.29, 0.717) is 18.2 Å². The van der Waals surface area contributed by atoms with Gasteiger partial charge in [-0.05, 0) is 48.8 Å². The first-order chi connectivity index (χ1) is 14.3. The number of aromatic amines is 1. The van der Waals surface area contributed by atoms with Crippen molar-refractivity contribution in [1.82, 2.24) is 15.2 Å². The number of hydrogen-bond donors (Lipinski definition) is 3. The Kier molecular flexibility index (Phi) is 7.24. The van der Waals surface area contributed by atoms with E-state index in [2.05, 4.69) is 54.4 Å². The van der Waals surface area contributed by atoms with Crippen LogP contribution in [-0.2, 0) is 13.1 Å². The summed E-state index contributed by atoms with van der Waals surface area (Å²) < 4.78 is 0. The van der Waals surface area contributed by atoms with Gasteiger partial charge >= 0.3 is 0 Å². The fraction of sp³-hybridized carbons (Fsp3) is 0.333. The number of benzene rings is 2. The van der Waals surface area contributed by atoms with Gasteiger partial charge in [0.25, 0.3) is 5.56 Å². The van der Waals surface area contributed by atoms with Crippen LogP contribution in [0.5, 0.6) is 0 Å². The summed E-state index contributed by atoms with van der Waals surface area (Å²) in [5.41, 5.74) is 5.00. The summed E-state index contributed by atoms with van der Waals surface area (Å²) in [7, 11) is 4.24. The van der Waals surface area contributed by atoms with Crippen LogP contribution in [0.3, 0.4) is 0 Å². The van der Waals surface area contributed by atoms with Crippen molar-refractivity contribution >= 4 is 28.2 Å². The highest BCUT2D eigenvalue weighted by molar-refractivity contribution is 7.80. The SMILES string of the molecule is Cc1ccc(C)c2[nH]c(=O)c(CN(CC[NH+](C)C)C(=S)NCc3ccccc3)cc12. The number of H-pyrrole nitrogens is 1. The lowest BCUT2D eigenvalue weighted by atomic mass is 10.0. The van der Waals surface area contributed by atoms with Gasteiger partial charge in [0, 0.05) is 17.5 Å². The van der Waals surface area contributed by atoms with Crippen LogP contribution in [0.4, 0.5) is 0 Å². The molecule has 30 heavy (non-hydrogen) atoms. The molecule has 0 aliphatic carbocycles. The Labute approximate surface area is 183 Å². The lowest BCUT2D eigenvalue weighted by Crippen LogP contribution is -3.06. The molecule has 0 aliphatic rings. The third-order valence-corrected chi connectivity index (χ3v) is 5.74. The standard InChI is InChI=1S/C24H30N4OS/c1-17-10-11-18(2)22-21(17)14-20(23(29)26-22)16-28(13-12-27(3)4)24(30)25-15-19-8-6-5-7-9-19/h5-11,14H,12-13,15-16H2,1-4H3,(H,25,30)(H,26,29)/p+1. The fourth-order valence-corrected chi connectivity index (χ4v) is 3.67. The molecule has 0 saturated carbocycles. The number of likely N-dealkylation sites (N-methyl/N-ethyl adjacent to an activating group) is 1. The molecule has 3 rings (SSSR count). The zero-order chi connectivity index (χ0) is 21.7. The fourth-order valence-electron chi connectivity index (χ4n) is 3.44. The van der Waals surface area contributed by atoms with Crippen molar-refractivity contribution in [3.63, 3.8) is 0 Å². The zero-order valence-electron chi connectivity index (χ0n) is 18.2. The van der Waals surface area contributed by atoms with Crippen molar-refractivity contribution in [2.24, 2.45) is 0 Å². The highest BCUT2D eigenvalue weighted by Gasteiger charge is 2.15. The number of nitrogens with one attached hydrogen (secondary N) is 3. The Balaban J connectivity index is 1.83. The molecular weight excluding hydrogens is 392 g/mol. The minimum Gasteiger partial charge on any atom is -0.358 e. The maximum absolute atomic E-state index is 12.8. The van der Waals surface area contributed by atoms with E-state index in [4.69, 9.17) is 12.2 Å². The summed E-state index contributed by atoms with van der Waals surface area (Å²) in [6.07, 6.45) is 0. The van der Waals surface area contributed by atoms with Gasteiger partial charge in [-0.3, -0.25) is 4.79 Å². The average molecular weight is 424 g/mol. The van der Waals surface area contributed by atoms with Gasteiger partial charge in [0.05, 0.1) is 39.2 Å². The molecule has 0 fully saturated rings. The van der Waals surface area contributed by atoms with Crippen molar-refractivity contribution < 1.29 is 4.90 Å². The zero-order valence-corrected chi connectivity index (χ0v) is 19.0. The van der Waals surface area contributed by atoms with Gasteiger partial charge < -0.3 is 20.1 Å². The minimum atomic E-state index is -0.0516. The van der Waals surface area contributed by atoms with Crippen molar-refractivity contribution in [3.05, 3.63) is 81.1 Å². The summed E-state index contributed by atoms with van der Waals surface area (Å²) in [6.45, 7) is 6.93. The van der Waals surface area contributed by atoms with Crippen LogP contribution in [0.1, 0.15) is 22.3 Å². The lowest BCUT2D eigenvalue weighted by Gasteiger charge is -2.26. The second-order valence-corrected chi connectivity index (χ2v) is 8.52. The molecule has 6 heteroatoms. The predicted molar refractivity (Wildman–Crippen MR) is 128 cm³/mol. The second kappa shape index (κ2) is 9.87. The van der Waals surface area contributed by atoms with E-state index >= 15 is 0 Å². The number of rotatable bonds is 7. The Morgan fingerprint density at radius 3 is 2.50 bits per heavy atom. The highest BCUT2D eigenvalue weighted by atomic mass is 32.1. The van der Waals surface area contributed by atoms with Gasteiger partial charge in [0.15, 0.2) is 5.11 Å². The molecule has 0 radical (unpaired) electrons. The smallest absolute Gasteiger partial charge is 0.253 e. The van der Waals surface area contributed by atoms with E-state index < -0.39 is 0 Å². The molecule has 5 nitrogen and oxygen atoms in total. The van der Waals surface area contributed by atoms with E-state index in [1.165, 1.54) is 10.5 Å². The Bertz CT molecular complexity index is 1080. The van der Waals surface area contributed by atoms with Gasteiger partial charge in [-0.1, -0.05) is 42.5 Å². The first-order valence-corrected chi connectivity index (χ1v) is 10.7. The molecule has 1 heterocycles. The Hall–Kier alpha value is -2.70. The molecular formula is C24H31N4OS+. The molecule has 158 valence electrons. The maximum Gasteiger partial charge on any atom is 0.253 e. The summed E-state index contributed by atoms with van der Waals surface area (Å²) in [5.74, 6) is 0. The number of hydrogen-bond acceptors (Lipinski definition) is 2. The summed E-state index contributed by atoms with van der Waals surface area (Å²) in [6, 6.07) is 16.3. The van der Waals surface area contributed by atoms with Crippen LogP contribution in [0.15, 0.2) is 53.3 Å². The molecule has 0 amide bonds. The Morgan fingerprint density at radius 1 is 1.10 bits per heavy atom. The van der Waals surface area contributed by atoms with E-state index in [0.717, 1.165) is 40.7 Å². The number of quaternary nitrogens is 1. The number of pyridine rings is 1. The van der Waals surface area contributed by atoms with Crippen molar-refractivity contribution in [3.8, 4) is 0 Å². The van der Waals surface area contributed by atoms with Crippen LogP contribution in [0, 0.1) is 13.8 Å². The maximum atomic E-state index is 12.8. The molecule has 0 bridgehead atoms. The van der Waals surface area contributed by atoms with Gasteiger partial charge in [-0.25, -0.2) is 0 Å². The molecule has 2 aromatic carbocycles. The topological polar surface area (TPSA) is 52.6 Å². The van der Waals surface area contributed by atoms with Gasteiger partial charge in [0.1, 0.15) is 0 Å². The largest absolute Gasteiger partial charge is 0.358 e. The Morgan fingerprint density at radius 2 is 1.80 bits per heavy atom. The van der Waals surface area contributed by atoms with E-state index in [1.54, 1.807) is 0 Å². The second-order valence-electron chi connectivity index (χ2n) is 8.13. The van der Waals surface area contributed by atoms with Gasteiger partial charge in [0.2, 0.25) is 0 Å². The molecule has 0 saturated heterocycles. The minimum absolute atomic E-state index is 0.0516. The van der Waals surface area contributed by atoms with Crippen LogP contribution in [0.2, 0.25) is 0 Å². The van der Waals surface area contributed by atoms with Crippen LogP contribution in [-0.4, -0.2) is 42.2 Å². The van der Waals surface area contributed by atoms with Crippen molar-refractivity contribution in [2.75, 3.05) is 27.2 Å². The average Bonchev–Trinajstić information content (AvgIpc) is 2.73. The third-order valence-electron chi connectivity index (χ3n) is 5.34. The van der Waals surface area contributed by atoms with Crippen LogP contribution < -0.4 is 15.8 Å². The van der Waals surface area contributed by atoms with Crippen LogP contribution in [0.25, 0.3) is 10.9 Å². The summed E-state index contributed by atoms with van der Waals surface area (Å²) >= 11 is 5.70. The third kappa shape index (κ3) is 5.46. The lowest BCUT2D eigenvalue weighted by molar-refractivity contribution is -0.857. The van der Waals surface area contributed by atoms with E-state index in [1.807, 2.05) is 37.3 Å². The quantitative estimate of drug-likeness (QED) is 0.510. The molecule has 3 N–H and O–H groups in total. The summed E-state index contributed by atoms with van der Waals surface area (Å²) in [5, 5.41) is 5.11. The van der Waals surface area contributed by atoms with Crippen LogP contribution >= 0.6 is 12.2 Å². The molecule has 3 aromatic rings. The molecule has 1 aromatic heterocycles. The monoisotopic (exact) mass is 423 g/mol. The first-order valence-electron chi connectivity index (χ1n) is 10.3. The normalized spacial score (nSPS) is 11.1. The first kappa shape index (κ1) is 22.0. The number of thiocarbonyl (C=S) groups is 1. The molecule has 0 aliphatic heterocycles. The predicted octanol–water partition coefficient (Wildman–Crippen LogP) is 2.17. The molecule has 0 unspecified atom stereocenters. The van der Waals surface area contributed by atoms with E-state index in [9.17, 15) is 4.79 Å². The number of aromatic nitrogens is 1. The summed E-state index contributed by atoms with van der Waals surface area (Å²) in [4.78, 5) is 19.3. The van der Waals surface area contributed by atoms with E-state index in [-0.39, 0.29) is 5.56 Å². The molecule has 0 atom stereocenters. The van der Waals surface area contributed by atoms with Gasteiger partial charge in [-0.2, -0.15) is 0 Å². The molecule has 0 spiro atoms. The number of fused-ring (bicyclic) bond motifs is 1.